The first-order valence-corrected chi connectivity index (χ1v) is 4.63. The van der Waals surface area contributed by atoms with Crippen molar-refractivity contribution in [2.45, 2.75) is 13.5 Å². The van der Waals surface area contributed by atoms with E-state index in [1.165, 1.54) is 11.1 Å². The average Bonchev–Trinajstić information content (AvgIpc) is 2.17. The van der Waals surface area contributed by atoms with E-state index in [0.717, 1.165) is 0 Å². The maximum atomic E-state index is 8.26. The predicted octanol–water partition coefficient (Wildman–Crippen LogP) is 1.20. The van der Waals surface area contributed by atoms with Gasteiger partial charge in [-0.2, -0.15) is 5.26 Å². The van der Waals surface area contributed by atoms with Crippen LogP contribution in [0.25, 0.3) is 0 Å². The summed E-state index contributed by atoms with van der Waals surface area (Å²) in [7, 11) is 0. The van der Waals surface area contributed by atoms with Gasteiger partial charge in [-0.3, -0.25) is 0 Å². The Morgan fingerprint density at radius 1 is 1.53 bits per heavy atom. The van der Waals surface area contributed by atoms with Crippen LogP contribution in [0.15, 0.2) is 29.3 Å². The van der Waals surface area contributed by atoms with Crippen LogP contribution in [-0.4, -0.2) is 34.7 Å². The van der Waals surface area contributed by atoms with E-state index in [0.29, 0.717) is 11.7 Å². The van der Waals surface area contributed by atoms with Gasteiger partial charge in [-0.05, 0) is 18.1 Å². The van der Waals surface area contributed by atoms with E-state index < -0.39 is 0 Å². The number of aliphatic imine (C=N–C) groups is 1. The molecule has 0 bridgehead atoms. The summed E-state index contributed by atoms with van der Waals surface area (Å²) in [6.45, 7) is 2.67. The molecular formula is C10H12N3NaS. The Morgan fingerprint density at radius 2 is 2.20 bits per heavy atom. The molecule has 0 radical (unpaired) electrons. The molecule has 0 heterocycles. The van der Waals surface area contributed by atoms with Crippen molar-refractivity contribution in [2.24, 2.45) is 4.99 Å². The van der Waals surface area contributed by atoms with Crippen LogP contribution in [0.5, 0.6) is 0 Å². The molecule has 0 amide bonds. The van der Waals surface area contributed by atoms with Crippen molar-refractivity contribution in [3.8, 4) is 6.19 Å². The second-order valence-corrected chi connectivity index (χ2v) is 3.24. The zero-order chi connectivity index (χ0) is 10.4. The van der Waals surface area contributed by atoms with Crippen molar-refractivity contribution in [3.05, 3.63) is 35.4 Å². The summed E-state index contributed by atoms with van der Waals surface area (Å²) in [5, 5.41) is 11.5. The molecule has 0 aliphatic heterocycles. The standard InChI is InChI=1S/C10H11N3S.Na.H/c1-8-4-2-3-5-9(8)6-12-10(14)13-7-11;;/h2-5H,6H2,1H3,(H2,12,13,14);;. The van der Waals surface area contributed by atoms with Gasteiger partial charge < -0.3 is 5.32 Å². The number of hydrogen-bond donors (Lipinski definition) is 2. The van der Waals surface area contributed by atoms with E-state index >= 15 is 0 Å². The van der Waals surface area contributed by atoms with Crippen molar-refractivity contribution in [3.63, 3.8) is 0 Å². The summed E-state index contributed by atoms with van der Waals surface area (Å²) in [5.41, 5.74) is 2.38. The van der Waals surface area contributed by atoms with Gasteiger partial charge in [-0.25, -0.2) is 0 Å². The molecule has 0 aliphatic carbocycles. The van der Waals surface area contributed by atoms with E-state index in [1.807, 2.05) is 31.2 Å². The molecule has 0 saturated carbocycles. The van der Waals surface area contributed by atoms with Crippen molar-refractivity contribution < 1.29 is 0 Å². The predicted molar refractivity (Wildman–Crippen MR) is 67.2 cm³/mol. The first kappa shape index (κ1) is 14.5. The topological polar surface area (TPSA) is 48.2 Å². The minimum atomic E-state index is 0. The van der Waals surface area contributed by atoms with Crippen LogP contribution in [0.4, 0.5) is 0 Å². The van der Waals surface area contributed by atoms with Gasteiger partial charge in [-0.1, -0.05) is 24.3 Å². The molecule has 74 valence electrons. The van der Waals surface area contributed by atoms with Gasteiger partial charge in [-0.15, -0.1) is 17.6 Å². The number of benzene rings is 1. The fraction of sp³-hybridized carbons (Fsp3) is 0.200. The van der Waals surface area contributed by atoms with Crippen LogP contribution in [0.3, 0.4) is 0 Å². The molecular weight excluding hydrogens is 217 g/mol. The number of thiol groups is 1. The van der Waals surface area contributed by atoms with Gasteiger partial charge in [0.2, 0.25) is 6.19 Å². The quantitative estimate of drug-likeness (QED) is 0.263. The Morgan fingerprint density at radius 3 is 2.80 bits per heavy atom. The number of hydrogen-bond acceptors (Lipinski definition) is 2. The fourth-order valence-electron chi connectivity index (χ4n) is 1.07. The van der Waals surface area contributed by atoms with E-state index in [9.17, 15) is 0 Å². The normalized spacial score (nSPS) is 10.1. The van der Waals surface area contributed by atoms with E-state index in [4.69, 9.17) is 5.26 Å². The first-order valence-electron chi connectivity index (χ1n) is 4.18. The van der Waals surface area contributed by atoms with Crippen LogP contribution in [-0.2, 0) is 6.54 Å². The van der Waals surface area contributed by atoms with Gasteiger partial charge in [0.25, 0.3) is 0 Å². The summed E-state index contributed by atoms with van der Waals surface area (Å²) in [4.78, 5) is 3.44. The van der Waals surface area contributed by atoms with Gasteiger partial charge >= 0.3 is 29.6 Å². The molecule has 3 nitrogen and oxygen atoms in total. The molecule has 0 aliphatic rings. The summed E-state index contributed by atoms with van der Waals surface area (Å²) in [5.74, 6) is 0. The minimum absolute atomic E-state index is 0. The Balaban J connectivity index is 0.00000196. The molecule has 1 aromatic rings. The number of amidine groups is 1. The van der Waals surface area contributed by atoms with Crippen LogP contribution in [0, 0.1) is 18.4 Å². The molecule has 1 N–H and O–H groups in total. The molecule has 0 unspecified atom stereocenters. The Kier molecular flexibility index (Phi) is 7.53. The number of rotatable bonds is 2. The Bertz CT molecular complexity index is 384. The monoisotopic (exact) mass is 229 g/mol. The zero-order valence-corrected chi connectivity index (χ0v) is 8.75. The van der Waals surface area contributed by atoms with E-state index in [1.54, 1.807) is 6.19 Å². The van der Waals surface area contributed by atoms with Crippen molar-refractivity contribution in [2.75, 3.05) is 0 Å². The van der Waals surface area contributed by atoms with Crippen molar-refractivity contribution in [1.82, 2.24) is 5.32 Å². The molecule has 0 fully saturated rings. The zero-order valence-electron chi connectivity index (χ0n) is 7.86. The summed E-state index contributed by atoms with van der Waals surface area (Å²) in [6, 6.07) is 8.03. The Labute approximate surface area is 117 Å². The van der Waals surface area contributed by atoms with Crippen molar-refractivity contribution in [1.29, 1.82) is 5.26 Å². The third kappa shape index (κ3) is 5.24. The van der Waals surface area contributed by atoms with E-state index in [2.05, 4.69) is 22.9 Å². The summed E-state index contributed by atoms with van der Waals surface area (Å²) >= 11 is 3.99. The number of aryl methyl sites for hydroxylation is 1. The average molecular weight is 229 g/mol. The second-order valence-electron chi connectivity index (χ2n) is 2.82. The molecule has 0 saturated heterocycles. The number of nitrogens with one attached hydrogen (secondary N) is 1. The summed E-state index contributed by atoms with van der Waals surface area (Å²) in [6.07, 6.45) is 1.67. The van der Waals surface area contributed by atoms with Gasteiger partial charge in [0, 0.05) is 6.54 Å². The van der Waals surface area contributed by atoms with Crippen molar-refractivity contribution >= 4 is 47.4 Å². The molecule has 5 heteroatoms. The second kappa shape index (κ2) is 7.77. The van der Waals surface area contributed by atoms with Crippen LogP contribution in [0.1, 0.15) is 11.1 Å². The van der Waals surface area contributed by atoms with Gasteiger partial charge in [0.05, 0.1) is 0 Å². The molecule has 0 atom stereocenters. The SMILES string of the molecule is Cc1ccccc1CNC(S)=NC#N.[NaH]. The number of nitriles is 1. The molecule has 0 aromatic heterocycles. The number of nitrogens with zero attached hydrogens (tertiary/aromatic N) is 2. The molecule has 1 aromatic carbocycles. The van der Waals surface area contributed by atoms with Crippen LogP contribution in [0.2, 0.25) is 0 Å². The van der Waals surface area contributed by atoms with E-state index in [-0.39, 0.29) is 29.6 Å². The summed E-state index contributed by atoms with van der Waals surface area (Å²) < 4.78 is 0. The first-order chi connectivity index (χ1) is 6.74. The molecule has 0 spiro atoms. The van der Waals surface area contributed by atoms with Gasteiger partial charge in [0.15, 0.2) is 5.17 Å². The molecule has 15 heavy (non-hydrogen) atoms. The third-order valence-electron chi connectivity index (χ3n) is 1.85. The van der Waals surface area contributed by atoms with Gasteiger partial charge in [0.1, 0.15) is 0 Å². The van der Waals surface area contributed by atoms with Crippen LogP contribution >= 0.6 is 12.6 Å². The van der Waals surface area contributed by atoms with Crippen LogP contribution < -0.4 is 5.32 Å². The molecule has 1 rings (SSSR count). The fourth-order valence-corrected chi connectivity index (χ4v) is 1.19. The Hall–Kier alpha value is -0.470. The maximum absolute atomic E-state index is 8.26. The third-order valence-corrected chi connectivity index (χ3v) is 2.11.